The third-order valence-corrected chi connectivity index (χ3v) is 6.37. The number of benzene rings is 3. The minimum absolute atomic E-state index is 0.0214. The predicted octanol–water partition coefficient (Wildman–Crippen LogP) is 7.19. The molecular formula is C28H25F5N2O3. The Morgan fingerprint density at radius 1 is 1.05 bits per heavy atom. The van der Waals surface area contributed by atoms with Gasteiger partial charge in [-0.05, 0) is 96.8 Å². The van der Waals surface area contributed by atoms with Gasteiger partial charge in [0.05, 0.1) is 11.1 Å². The molecule has 1 saturated carbocycles. The van der Waals surface area contributed by atoms with Gasteiger partial charge in [-0.25, -0.2) is 8.78 Å². The van der Waals surface area contributed by atoms with Crippen LogP contribution < -0.4 is 15.8 Å². The molecule has 3 aromatic carbocycles. The molecule has 2 amide bonds. The number of hydrogen-bond acceptors (Lipinski definition) is 3. The highest BCUT2D eigenvalue weighted by Gasteiger charge is 2.40. The van der Waals surface area contributed by atoms with Crippen molar-refractivity contribution in [1.82, 2.24) is 0 Å². The van der Waals surface area contributed by atoms with E-state index in [9.17, 15) is 31.5 Å². The van der Waals surface area contributed by atoms with Crippen molar-refractivity contribution < 1.29 is 36.3 Å². The SMILES string of the molecule is Cc1cc(F)ccc1Oc1cc(C2CC2)c(C(F)(F)F)cc1C(=O)Nc1ccc(F)c(C(C)CC(N)=O)c1. The van der Waals surface area contributed by atoms with E-state index in [-0.39, 0.29) is 40.7 Å². The van der Waals surface area contributed by atoms with Crippen molar-refractivity contribution in [2.24, 2.45) is 5.73 Å². The van der Waals surface area contributed by atoms with E-state index in [1.165, 1.54) is 30.3 Å². The lowest BCUT2D eigenvalue weighted by Gasteiger charge is -2.19. The summed E-state index contributed by atoms with van der Waals surface area (Å²) in [6.45, 7) is 3.15. The minimum atomic E-state index is -4.72. The first-order chi connectivity index (χ1) is 17.8. The Hall–Kier alpha value is -3.95. The summed E-state index contributed by atoms with van der Waals surface area (Å²) < 4.78 is 75.7. The van der Waals surface area contributed by atoms with E-state index in [0.717, 1.165) is 18.2 Å². The number of anilines is 1. The number of carbonyl (C=O) groups excluding carboxylic acids is 2. The van der Waals surface area contributed by atoms with E-state index < -0.39 is 46.7 Å². The zero-order chi connectivity index (χ0) is 27.8. The smallest absolute Gasteiger partial charge is 0.416 e. The van der Waals surface area contributed by atoms with Crippen LogP contribution in [0.3, 0.4) is 0 Å². The Balaban J connectivity index is 1.75. The predicted molar refractivity (Wildman–Crippen MR) is 131 cm³/mol. The van der Waals surface area contributed by atoms with Crippen molar-refractivity contribution in [2.75, 3.05) is 5.32 Å². The zero-order valence-electron chi connectivity index (χ0n) is 20.6. The Labute approximate surface area is 215 Å². The summed E-state index contributed by atoms with van der Waals surface area (Å²) in [6, 6.07) is 9.26. The molecule has 4 rings (SSSR count). The van der Waals surface area contributed by atoms with Crippen LogP contribution in [-0.2, 0) is 11.0 Å². The van der Waals surface area contributed by atoms with E-state index in [1.54, 1.807) is 13.8 Å². The van der Waals surface area contributed by atoms with Gasteiger partial charge in [0, 0.05) is 12.1 Å². The molecule has 1 fully saturated rings. The molecule has 0 radical (unpaired) electrons. The van der Waals surface area contributed by atoms with Crippen LogP contribution in [0.2, 0.25) is 0 Å². The molecular weight excluding hydrogens is 507 g/mol. The van der Waals surface area contributed by atoms with Gasteiger partial charge in [0.25, 0.3) is 5.91 Å². The lowest BCUT2D eigenvalue weighted by Crippen LogP contribution is -2.18. The quantitative estimate of drug-likeness (QED) is 0.301. The number of ether oxygens (including phenoxy) is 1. The van der Waals surface area contributed by atoms with Crippen LogP contribution in [0.1, 0.15) is 70.6 Å². The zero-order valence-corrected chi connectivity index (χ0v) is 20.6. The largest absolute Gasteiger partial charge is 0.456 e. The maximum Gasteiger partial charge on any atom is 0.416 e. The monoisotopic (exact) mass is 532 g/mol. The van der Waals surface area contributed by atoms with Crippen molar-refractivity contribution >= 4 is 17.5 Å². The molecule has 0 spiro atoms. The lowest BCUT2D eigenvalue weighted by molar-refractivity contribution is -0.138. The van der Waals surface area contributed by atoms with Gasteiger partial charge in [-0.2, -0.15) is 13.2 Å². The van der Waals surface area contributed by atoms with Gasteiger partial charge >= 0.3 is 6.18 Å². The second kappa shape index (κ2) is 10.4. The molecule has 5 nitrogen and oxygen atoms in total. The number of amides is 2. The third-order valence-electron chi connectivity index (χ3n) is 6.37. The molecule has 0 saturated heterocycles. The fourth-order valence-corrected chi connectivity index (χ4v) is 4.29. The topological polar surface area (TPSA) is 81.4 Å². The summed E-state index contributed by atoms with van der Waals surface area (Å²) in [4.78, 5) is 24.6. The summed E-state index contributed by atoms with van der Waals surface area (Å²) >= 11 is 0. The summed E-state index contributed by atoms with van der Waals surface area (Å²) in [6.07, 6.45) is -3.71. The van der Waals surface area contributed by atoms with E-state index in [4.69, 9.17) is 10.5 Å². The van der Waals surface area contributed by atoms with Crippen molar-refractivity contribution in [3.63, 3.8) is 0 Å². The summed E-state index contributed by atoms with van der Waals surface area (Å²) in [5.41, 5.74) is 4.48. The first-order valence-corrected chi connectivity index (χ1v) is 11.9. The maximum absolute atomic E-state index is 14.4. The molecule has 0 aromatic heterocycles. The highest BCUT2D eigenvalue weighted by atomic mass is 19.4. The average Bonchev–Trinajstić information content (AvgIpc) is 3.66. The number of carbonyl (C=O) groups is 2. The van der Waals surface area contributed by atoms with Crippen molar-refractivity contribution in [2.45, 2.75) is 51.1 Å². The number of alkyl halides is 3. The molecule has 1 aliphatic rings. The van der Waals surface area contributed by atoms with Gasteiger partial charge in [-0.1, -0.05) is 6.92 Å². The van der Waals surface area contributed by atoms with Crippen LogP contribution in [0.5, 0.6) is 11.5 Å². The van der Waals surface area contributed by atoms with E-state index >= 15 is 0 Å². The first kappa shape index (κ1) is 27.1. The summed E-state index contributed by atoms with van der Waals surface area (Å²) in [5.74, 6) is -3.57. The van der Waals surface area contributed by atoms with Crippen LogP contribution >= 0.6 is 0 Å². The van der Waals surface area contributed by atoms with Crippen LogP contribution in [0.15, 0.2) is 48.5 Å². The molecule has 3 aromatic rings. The second-order valence-corrected chi connectivity index (χ2v) is 9.48. The number of aryl methyl sites for hydroxylation is 1. The number of halogens is 5. The molecule has 0 aliphatic heterocycles. The number of rotatable bonds is 8. The Bertz CT molecular complexity index is 1400. The fourth-order valence-electron chi connectivity index (χ4n) is 4.29. The van der Waals surface area contributed by atoms with Gasteiger partial charge in [0.15, 0.2) is 0 Å². The molecule has 1 atom stereocenters. The van der Waals surface area contributed by atoms with Crippen molar-refractivity contribution in [1.29, 1.82) is 0 Å². The highest BCUT2D eigenvalue weighted by Crippen LogP contribution is 2.48. The number of nitrogens with two attached hydrogens (primary N) is 1. The van der Waals surface area contributed by atoms with Crippen LogP contribution in [-0.4, -0.2) is 11.8 Å². The molecule has 0 heterocycles. The van der Waals surface area contributed by atoms with Crippen LogP contribution in [0.4, 0.5) is 27.6 Å². The molecule has 3 N–H and O–H groups in total. The Morgan fingerprint density at radius 2 is 1.76 bits per heavy atom. The van der Waals surface area contributed by atoms with Gasteiger partial charge in [-0.3, -0.25) is 9.59 Å². The Kier molecular flexibility index (Phi) is 7.44. The molecule has 1 aliphatic carbocycles. The van der Waals surface area contributed by atoms with Crippen LogP contribution in [0, 0.1) is 18.6 Å². The van der Waals surface area contributed by atoms with E-state index in [0.29, 0.717) is 18.4 Å². The van der Waals surface area contributed by atoms with Gasteiger partial charge in [-0.15, -0.1) is 0 Å². The molecule has 1 unspecified atom stereocenters. The summed E-state index contributed by atoms with van der Waals surface area (Å²) in [5, 5.41) is 2.50. The average molecular weight is 533 g/mol. The Morgan fingerprint density at radius 3 is 2.37 bits per heavy atom. The standard InChI is InChI=1S/C28H25F5N2O3/c1-14(10-26(34)36)19-11-18(6-7-23(19)30)35-27(37)21-12-22(28(31,32)33)20(16-3-4-16)13-25(21)38-24-8-5-17(29)9-15(24)2/h5-9,11-14,16H,3-4,10H2,1-2H3,(H2,34,36)(H,35,37). The first-order valence-electron chi connectivity index (χ1n) is 11.9. The molecule has 200 valence electrons. The van der Waals surface area contributed by atoms with E-state index in [1.807, 2.05) is 0 Å². The molecule has 10 heteroatoms. The molecule has 0 bridgehead atoms. The molecule has 38 heavy (non-hydrogen) atoms. The normalized spacial score (nSPS) is 14.2. The third kappa shape index (κ3) is 6.12. The van der Waals surface area contributed by atoms with Gasteiger partial charge < -0.3 is 15.8 Å². The van der Waals surface area contributed by atoms with Gasteiger partial charge in [0.1, 0.15) is 23.1 Å². The van der Waals surface area contributed by atoms with Crippen molar-refractivity contribution in [3.05, 3.63) is 88.0 Å². The van der Waals surface area contributed by atoms with Crippen molar-refractivity contribution in [3.8, 4) is 11.5 Å². The van der Waals surface area contributed by atoms with Crippen LogP contribution in [0.25, 0.3) is 0 Å². The fraction of sp³-hybridized carbons (Fsp3) is 0.286. The lowest BCUT2D eigenvalue weighted by atomic mass is 9.96. The minimum Gasteiger partial charge on any atom is -0.456 e. The highest BCUT2D eigenvalue weighted by molar-refractivity contribution is 6.06. The second-order valence-electron chi connectivity index (χ2n) is 9.48. The summed E-state index contributed by atoms with van der Waals surface area (Å²) in [7, 11) is 0. The maximum atomic E-state index is 14.4. The number of primary amides is 1. The number of hydrogen-bond donors (Lipinski definition) is 2. The number of nitrogens with one attached hydrogen (secondary N) is 1. The van der Waals surface area contributed by atoms with E-state index in [2.05, 4.69) is 5.32 Å². The van der Waals surface area contributed by atoms with Gasteiger partial charge in [0.2, 0.25) is 5.91 Å².